The van der Waals surface area contributed by atoms with E-state index in [9.17, 15) is 4.39 Å². The summed E-state index contributed by atoms with van der Waals surface area (Å²) in [5, 5.41) is 3.25. The average Bonchev–Trinajstić information content (AvgIpc) is 2.72. The molecule has 0 aliphatic heterocycles. The minimum Gasteiger partial charge on any atom is -0.497 e. The molecule has 0 aliphatic carbocycles. The van der Waals surface area contributed by atoms with Gasteiger partial charge in [-0.1, -0.05) is 48.6 Å². The molecular formula is C22H20FNO2S. The lowest BCUT2D eigenvalue weighted by molar-refractivity contribution is 0.306. The fourth-order valence-corrected chi connectivity index (χ4v) is 2.74. The molecule has 0 spiro atoms. The van der Waals surface area contributed by atoms with Crippen LogP contribution in [0.2, 0.25) is 0 Å². The van der Waals surface area contributed by atoms with Crippen LogP contribution in [0.15, 0.2) is 72.8 Å². The van der Waals surface area contributed by atoms with Crippen LogP contribution in [0.1, 0.15) is 16.7 Å². The highest BCUT2D eigenvalue weighted by Gasteiger charge is 2.04. The first-order valence-corrected chi connectivity index (χ1v) is 8.93. The standard InChI is InChI=1S/C22H20FNO2S/c1-25-20-6-2-4-17(12-20)14-24-22(27)18-5-3-7-21(13-18)26-15-16-8-10-19(23)11-9-16/h2-13H,14-15H2,1H3,(H,24,27). The molecule has 138 valence electrons. The molecule has 27 heavy (non-hydrogen) atoms. The zero-order valence-corrected chi connectivity index (χ0v) is 15.8. The maximum atomic E-state index is 13.0. The second-order valence-electron chi connectivity index (χ2n) is 5.98. The molecular weight excluding hydrogens is 361 g/mol. The van der Waals surface area contributed by atoms with Gasteiger partial charge in [0.2, 0.25) is 0 Å². The summed E-state index contributed by atoms with van der Waals surface area (Å²) in [6.45, 7) is 0.977. The van der Waals surface area contributed by atoms with Crippen molar-refractivity contribution in [2.75, 3.05) is 7.11 Å². The van der Waals surface area contributed by atoms with Gasteiger partial charge in [-0.05, 0) is 47.5 Å². The van der Waals surface area contributed by atoms with Gasteiger partial charge >= 0.3 is 0 Å². The molecule has 3 aromatic carbocycles. The second-order valence-corrected chi connectivity index (χ2v) is 6.39. The monoisotopic (exact) mass is 381 g/mol. The van der Waals surface area contributed by atoms with Crippen molar-refractivity contribution in [1.29, 1.82) is 0 Å². The van der Waals surface area contributed by atoms with Crippen LogP contribution in [0.5, 0.6) is 11.5 Å². The summed E-state index contributed by atoms with van der Waals surface area (Å²) in [6.07, 6.45) is 0. The van der Waals surface area contributed by atoms with E-state index in [0.717, 1.165) is 22.4 Å². The summed E-state index contributed by atoms with van der Waals surface area (Å²) in [7, 11) is 1.65. The van der Waals surface area contributed by atoms with E-state index in [4.69, 9.17) is 21.7 Å². The SMILES string of the molecule is COc1cccc(CNC(=S)c2cccc(OCc3ccc(F)cc3)c2)c1. The lowest BCUT2D eigenvalue weighted by Crippen LogP contribution is -2.21. The number of halogens is 1. The van der Waals surface area contributed by atoms with Gasteiger partial charge in [0.05, 0.1) is 7.11 Å². The molecule has 0 radical (unpaired) electrons. The van der Waals surface area contributed by atoms with Crippen molar-refractivity contribution in [2.24, 2.45) is 0 Å². The van der Waals surface area contributed by atoms with Gasteiger partial charge in [-0.3, -0.25) is 0 Å². The summed E-state index contributed by atoms with van der Waals surface area (Å²) in [5.74, 6) is 1.27. The molecule has 3 rings (SSSR count). The van der Waals surface area contributed by atoms with E-state index in [1.165, 1.54) is 12.1 Å². The van der Waals surface area contributed by atoms with Crippen LogP contribution in [0.4, 0.5) is 4.39 Å². The summed E-state index contributed by atoms with van der Waals surface area (Å²) >= 11 is 5.49. The third-order valence-electron chi connectivity index (χ3n) is 4.00. The first kappa shape index (κ1) is 18.9. The Hall–Kier alpha value is -2.92. The molecule has 0 aliphatic rings. The second kappa shape index (κ2) is 9.14. The highest BCUT2D eigenvalue weighted by molar-refractivity contribution is 7.80. The normalized spacial score (nSPS) is 10.3. The van der Waals surface area contributed by atoms with Gasteiger partial charge in [0, 0.05) is 12.1 Å². The lowest BCUT2D eigenvalue weighted by atomic mass is 10.2. The summed E-state index contributed by atoms with van der Waals surface area (Å²) in [5.41, 5.74) is 2.87. The third-order valence-corrected chi connectivity index (χ3v) is 4.38. The first-order chi connectivity index (χ1) is 13.1. The Morgan fingerprint density at radius 3 is 2.44 bits per heavy atom. The number of methoxy groups -OCH3 is 1. The number of rotatable bonds is 7. The quantitative estimate of drug-likeness (QED) is 0.591. The van der Waals surface area contributed by atoms with Crippen molar-refractivity contribution >= 4 is 17.2 Å². The van der Waals surface area contributed by atoms with Crippen molar-refractivity contribution < 1.29 is 13.9 Å². The molecule has 0 bridgehead atoms. The van der Waals surface area contributed by atoms with Gasteiger partial charge in [0.15, 0.2) is 0 Å². The summed E-state index contributed by atoms with van der Waals surface area (Å²) in [6, 6.07) is 21.7. The highest BCUT2D eigenvalue weighted by atomic mass is 32.1. The van der Waals surface area contributed by atoms with Gasteiger partial charge in [-0.25, -0.2) is 4.39 Å². The molecule has 5 heteroatoms. The van der Waals surface area contributed by atoms with E-state index in [1.54, 1.807) is 19.2 Å². The molecule has 0 atom stereocenters. The lowest BCUT2D eigenvalue weighted by Gasteiger charge is -2.11. The van der Waals surface area contributed by atoms with Crippen molar-refractivity contribution in [3.8, 4) is 11.5 Å². The summed E-state index contributed by atoms with van der Waals surface area (Å²) < 4.78 is 24.0. The van der Waals surface area contributed by atoms with Crippen molar-refractivity contribution in [3.63, 3.8) is 0 Å². The first-order valence-electron chi connectivity index (χ1n) is 8.52. The molecule has 0 unspecified atom stereocenters. The molecule has 0 aromatic heterocycles. The van der Waals surface area contributed by atoms with Gasteiger partial charge in [0.1, 0.15) is 28.9 Å². The Balaban J connectivity index is 1.58. The Kier molecular flexibility index (Phi) is 6.39. The van der Waals surface area contributed by atoms with Crippen LogP contribution >= 0.6 is 12.2 Å². The predicted octanol–water partition coefficient (Wildman–Crippen LogP) is 4.88. The number of benzene rings is 3. The molecule has 0 saturated heterocycles. The Morgan fingerprint density at radius 1 is 0.926 bits per heavy atom. The third kappa shape index (κ3) is 5.53. The van der Waals surface area contributed by atoms with E-state index in [0.29, 0.717) is 23.9 Å². The van der Waals surface area contributed by atoms with Gasteiger partial charge in [0.25, 0.3) is 0 Å². The van der Waals surface area contributed by atoms with Crippen LogP contribution in [-0.4, -0.2) is 12.1 Å². The zero-order valence-electron chi connectivity index (χ0n) is 14.9. The van der Waals surface area contributed by atoms with Gasteiger partial charge in [-0.15, -0.1) is 0 Å². The molecule has 0 amide bonds. The van der Waals surface area contributed by atoms with Crippen LogP contribution < -0.4 is 14.8 Å². The van der Waals surface area contributed by atoms with Crippen LogP contribution in [-0.2, 0) is 13.2 Å². The molecule has 0 saturated carbocycles. The Bertz CT molecular complexity index is 912. The molecule has 0 heterocycles. The number of hydrogen-bond donors (Lipinski definition) is 1. The molecule has 3 aromatic rings. The Morgan fingerprint density at radius 2 is 1.67 bits per heavy atom. The highest BCUT2D eigenvalue weighted by Crippen LogP contribution is 2.17. The maximum Gasteiger partial charge on any atom is 0.123 e. The minimum atomic E-state index is -0.256. The van der Waals surface area contributed by atoms with Crippen molar-refractivity contribution in [2.45, 2.75) is 13.2 Å². The van der Waals surface area contributed by atoms with Crippen LogP contribution in [0.25, 0.3) is 0 Å². The smallest absolute Gasteiger partial charge is 0.123 e. The topological polar surface area (TPSA) is 30.5 Å². The largest absolute Gasteiger partial charge is 0.497 e. The van der Waals surface area contributed by atoms with E-state index in [1.807, 2.05) is 48.5 Å². The predicted molar refractivity (Wildman–Crippen MR) is 109 cm³/mol. The van der Waals surface area contributed by atoms with Crippen molar-refractivity contribution in [3.05, 3.63) is 95.3 Å². The number of hydrogen-bond acceptors (Lipinski definition) is 3. The zero-order chi connectivity index (χ0) is 19.1. The van der Waals surface area contributed by atoms with E-state index >= 15 is 0 Å². The molecule has 0 fully saturated rings. The van der Waals surface area contributed by atoms with Crippen LogP contribution in [0, 0.1) is 5.82 Å². The molecule has 3 nitrogen and oxygen atoms in total. The minimum absolute atomic E-state index is 0.256. The van der Waals surface area contributed by atoms with Crippen molar-refractivity contribution in [1.82, 2.24) is 5.32 Å². The van der Waals surface area contributed by atoms with Gasteiger partial charge < -0.3 is 14.8 Å². The number of thiocarbonyl (C=S) groups is 1. The summed E-state index contributed by atoms with van der Waals surface area (Å²) in [4.78, 5) is 0.644. The Labute approximate surface area is 163 Å². The van der Waals surface area contributed by atoms with Crippen LogP contribution in [0.3, 0.4) is 0 Å². The van der Waals surface area contributed by atoms with E-state index in [2.05, 4.69) is 5.32 Å². The average molecular weight is 381 g/mol. The van der Waals surface area contributed by atoms with Gasteiger partial charge in [-0.2, -0.15) is 0 Å². The fraction of sp³-hybridized carbons (Fsp3) is 0.136. The number of ether oxygens (including phenoxy) is 2. The maximum absolute atomic E-state index is 13.0. The van der Waals surface area contributed by atoms with E-state index < -0.39 is 0 Å². The molecule has 1 N–H and O–H groups in total. The van der Waals surface area contributed by atoms with E-state index in [-0.39, 0.29) is 5.82 Å². The number of nitrogens with one attached hydrogen (secondary N) is 1. The fourth-order valence-electron chi connectivity index (χ4n) is 2.54.